The maximum atomic E-state index is 13.6. The molecule has 0 saturated heterocycles. The summed E-state index contributed by atoms with van der Waals surface area (Å²) in [5.41, 5.74) is -7.40. The average molecular weight is 1090 g/mol. The lowest BCUT2D eigenvalue weighted by Gasteiger charge is -2.24. The Kier molecular flexibility index (Phi) is 14.7. The third kappa shape index (κ3) is 10.2. The van der Waals surface area contributed by atoms with Gasteiger partial charge in [0, 0.05) is 54.7 Å². The topological polar surface area (TPSA) is 142 Å². The second-order valence-electron chi connectivity index (χ2n) is 17.0. The van der Waals surface area contributed by atoms with E-state index >= 15 is 0 Å². The molecule has 12 nitrogen and oxygen atoms in total. The van der Waals surface area contributed by atoms with E-state index in [4.69, 9.17) is 28.4 Å². The van der Waals surface area contributed by atoms with Crippen molar-refractivity contribution in [1.29, 1.82) is 0 Å². The average Bonchev–Trinajstić information content (AvgIpc) is 3.47. The van der Waals surface area contributed by atoms with E-state index in [2.05, 4.69) is 8.37 Å². The predicted molar refractivity (Wildman–Crippen MR) is 277 cm³/mol. The molecule has 9 aromatic carbocycles. The smallest absolute Gasteiger partial charge is 0.497 e. The molecule has 0 amide bonds. The summed E-state index contributed by atoms with van der Waals surface area (Å²) in [5, 5.41) is 4.99. The first kappa shape index (κ1) is 53.1. The normalized spacial score (nSPS) is 12.3. The molecule has 0 aromatic heterocycles. The molecular weight excluding hydrogens is 1040 g/mol. The van der Waals surface area contributed by atoms with Crippen LogP contribution in [-0.4, -0.2) is 82.7 Å². The molecule has 0 fully saturated rings. The molecule has 0 spiro atoms. The van der Waals surface area contributed by atoms with Crippen LogP contribution in [0.25, 0.3) is 87.6 Å². The van der Waals surface area contributed by atoms with Crippen molar-refractivity contribution < 1.29 is 80.0 Å². The highest BCUT2D eigenvalue weighted by Gasteiger charge is 2.49. The number of hydrogen-bond donors (Lipinski definition) is 0. The van der Waals surface area contributed by atoms with Gasteiger partial charge >= 0.3 is 31.3 Å². The number of rotatable bonds is 18. The highest BCUT2D eigenvalue weighted by atomic mass is 32.2. The molecule has 0 aliphatic rings. The highest BCUT2D eigenvalue weighted by molar-refractivity contribution is 7.88. The number of alkyl halides is 6. The first-order valence-electron chi connectivity index (χ1n) is 23.0. The lowest BCUT2D eigenvalue weighted by atomic mass is 9.83. The summed E-state index contributed by atoms with van der Waals surface area (Å²) < 4.78 is 175. The summed E-state index contributed by atoms with van der Waals surface area (Å²) in [4.78, 5) is 0. The number of fused-ring (bicyclic) bond motifs is 4. The van der Waals surface area contributed by atoms with Crippen molar-refractivity contribution in [2.45, 2.75) is 11.0 Å². The van der Waals surface area contributed by atoms with Crippen LogP contribution < -0.4 is 27.3 Å². The van der Waals surface area contributed by atoms with Crippen LogP contribution in [-0.2, 0) is 29.7 Å². The summed E-state index contributed by atoms with van der Waals surface area (Å²) >= 11 is 0. The van der Waals surface area contributed by atoms with E-state index in [-0.39, 0.29) is 49.1 Å². The van der Waals surface area contributed by atoms with Crippen LogP contribution in [0.3, 0.4) is 0 Å². The first-order valence-corrected chi connectivity index (χ1v) is 25.8. The standard InChI is InChI=1S/C56H44F6O12S2/c1-67-21-23-71-49-32-50(72-24-22-68-2)48(54-45-19-11-7-15-41(45)52(42-16-8-12-20-46(42)54)34-26-36(70-4)30-38(28-34)74-76(65,66)56(60,61)62)31-47(49)53-43-17-9-5-13-39(43)51(40-14-6-10-18-44(40)53)33-25-35(69-3)29-37(27-33)73-75(63,64)55(57,58)59/h5-20,25-32H,21-24H2,1-4H3. The first-order chi connectivity index (χ1) is 36.3. The van der Waals surface area contributed by atoms with Gasteiger partial charge in [0.1, 0.15) is 47.7 Å². The molecule has 0 saturated carbocycles. The molecule has 0 aliphatic carbocycles. The van der Waals surface area contributed by atoms with E-state index in [0.29, 0.717) is 88.0 Å². The summed E-state index contributed by atoms with van der Waals surface area (Å²) in [6.45, 7) is 0.584. The molecule has 9 aromatic rings. The number of halogens is 6. The van der Waals surface area contributed by atoms with Crippen molar-refractivity contribution >= 4 is 63.3 Å². The van der Waals surface area contributed by atoms with Crippen LogP contribution in [0.2, 0.25) is 0 Å². The van der Waals surface area contributed by atoms with Crippen molar-refractivity contribution in [3.05, 3.63) is 146 Å². The van der Waals surface area contributed by atoms with Gasteiger partial charge in [0.05, 0.1) is 27.4 Å². The van der Waals surface area contributed by atoms with Gasteiger partial charge in [0.15, 0.2) is 0 Å². The zero-order valence-corrected chi connectivity index (χ0v) is 42.3. The summed E-state index contributed by atoms with van der Waals surface area (Å²) in [5.74, 6) is -0.491. The van der Waals surface area contributed by atoms with Crippen LogP contribution in [0.15, 0.2) is 146 Å². The molecule has 76 heavy (non-hydrogen) atoms. The fourth-order valence-electron chi connectivity index (χ4n) is 9.23. The lowest BCUT2D eigenvalue weighted by molar-refractivity contribution is -0.0504. The lowest BCUT2D eigenvalue weighted by Crippen LogP contribution is -2.28. The largest absolute Gasteiger partial charge is 0.534 e. The maximum absolute atomic E-state index is 13.6. The Balaban J connectivity index is 1.36. The third-order valence-corrected chi connectivity index (χ3v) is 14.3. The Labute approximate surface area is 432 Å². The molecule has 0 N–H and O–H groups in total. The van der Waals surface area contributed by atoms with Crippen LogP contribution in [0.4, 0.5) is 26.3 Å². The van der Waals surface area contributed by atoms with Crippen molar-refractivity contribution in [1.82, 2.24) is 0 Å². The van der Waals surface area contributed by atoms with Gasteiger partial charge in [-0.15, -0.1) is 0 Å². The number of benzene rings is 9. The number of hydrogen-bond acceptors (Lipinski definition) is 12. The van der Waals surface area contributed by atoms with Gasteiger partial charge < -0.3 is 36.8 Å². The van der Waals surface area contributed by atoms with Crippen molar-refractivity contribution in [3.8, 4) is 79.0 Å². The molecular formula is C56H44F6O12S2. The van der Waals surface area contributed by atoms with E-state index in [0.717, 1.165) is 12.1 Å². The second-order valence-corrected chi connectivity index (χ2v) is 20.0. The summed E-state index contributed by atoms with van der Waals surface area (Å²) in [6.07, 6.45) is 0. The Morgan fingerprint density at radius 1 is 0.368 bits per heavy atom. The van der Waals surface area contributed by atoms with Crippen molar-refractivity contribution in [3.63, 3.8) is 0 Å². The summed E-state index contributed by atoms with van der Waals surface area (Å²) in [7, 11) is -6.52. The highest BCUT2D eigenvalue weighted by Crippen LogP contribution is 2.53. The van der Waals surface area contributed by atoms with Gasteiger partial charge in [-0.05, 0) is 95.7 Å². The maximum Gasteiger partial charge on any atom is 0.534 e. The zero-order chi connectivity index (χ0) is 54.2. The quantitative estimate of drug-likeness (QED) is 0.0265. The third-order valence-electron chi connectivity index (χ3n) is 12.4. The van der Waals surface area contributed by atoms with E-state index < -0.39 is 42.8 Å². The van der Waals surface area contributed by atoms with Gasteiger partial charge in [-0.2, -0.15) is 43.2 Å². The van der Waals surface area contributed by atoms with Gasteiger partial charge in [0.25, 0.3) is 0 Å². The second kappa shape index (κ2) is 21.1. The Morgan fingerprint density at radius 2 is 0.658 bits per heavy atom. The van der Waals surface area contributed by atoms with Gasteiger partial charge in [0.2, 0.25) is 0 Å². The van der Waals surface area contributed by atoms with Crippen LogP contribution in [0.5, 0.6) is 34.5 Å². The molecule has 0 unspecified atom stereocenters. The van der Waals surface area contributed by atoms with Crippen molar-refractivity contribution in [2.24, 2.45) is 0 Å². The Hall–Kier alpha value is -7.78. The molecule has 0 aliphatic heterocycles. The predicted octanol–water partition coefficient (Wildman–Crippen LogP) is 13.5. The van der Waals surface area contributed by atoms with Crippen LogP contribution in [0.1, 0.15) is 0 Å². The molecule has 20 heteroatoms. The minimum absolute atomic E-state index is 0.0182. The molecule has 0 atom stereocenters. The van der Waals surface area contributed by atoms with Gasteiger partial charge in [-0.25, -0.2) is 0 Å². The Morgan fingerprint density at radius 3 is 0.934 bits per heavy atom. The monoisotopic (exact) mass is 1090 g/mol. The van der Waals surface area contributed by atoms with E-state index in [9.17, 15) is 43.2 Å². The molecule has 394 valence electrons. The fourth-order valence-corrected chi connectivity index (χ4v) is 10.1. The van der Waals surface area contributed by atoms with E-state index in [1.807, 2.05) is 78.9 Å². The van der Waals surface area contributed by atoms with Gasteiger partial charge in [-0.1, -0.05) is 97.1 Å². The minimum Gasteiger partial charge on any atom is -0.497 e. The van der Waals surface area contributed by atoms with E-state index in [1.165, 1.54) is 40.6 Å². The zero-order valence-electron chi connectivity index (χ0n) is 40.7. The minimum atomic E-state index is -6.07. The SMILES string of the molecule is COCCOc1cc(OCCOC)c(-c2c3ccccc3c(-c3cc(OC)cc(OS(=O)(=O)C(F)(F)F)c3)c3ccccc23)cc1-c1c2ccccc2c(-c2cc(OC)cc(OS(=O)(=O)C(F)(F)F)c2)c2ccccc12. The number of ether oxygens (including phenoxy) is 6. The fraction of sp³-hybridized carbons (Fsp3) is 0.179. The molecule has 0 bridgehead atoms. The van der Waals surface area contributed by atoms with Crippen LogP contribution >= 0.6 is 0 Å². The van der Waals surface area contributed by atoms with Crippen molar-refractivity contribution in [2.75, 3.05) is 54.9 Å². The van der Waals surface area contributed by atoms with E-state index in [1.54, 1.807) is 42.5 Å². The Bertz CT molecular complexity index is 3560. The summed E-state index contributed by atoms with van der Waals surface area (Å²) in [6, 6.07) is 40.6. The molecule has 9 rings (SSSR count). The van der Waals surface area contributed by atoms with Gasteiger partial charge in [-0.3, -0.25) is 0 Å². The molecule has 0 heterocycles. The number of methoxy groups -OCH3 is 4. The van der Waals surface area contributed by atoms with Crippen LogP contribution in [0, 0.1) is 0 Å². The molecule has 0 radical (unpaired) electrons.